The number of hydrogen-bond donors (Lipinski definition) is 1. The van der Waals surface area contributed by atoms with Crippen LogP contribution in [0.1, 0.15) is 29.5 Å². The highest BCUT2D eigenvalue weighted by Gasteiger charge is 2.30. The van der Waals surface area contributed by atoms with Crippen molar-refractivity contribution in [2.75, 3.05) is 13.2 Å². The Hall–Kier alpha value is -2.34. The van der Waals surface area contributed by atoms with Gasteiger partial charge in [-0.3, -0.25) is 4.79 Å². The van der Waals surface area contributed by atoms with Crippen LogP contribution < -0.4 is 5.32 Å². The molecule has 2 rings (SSSR count). The molecule has 0 spiro atoms. The molecule has 2 aromatic carbocycles. The highest BCUT2D eigenvalue weighted by Crippen LogP contribution is 2.29. The summed E-state index contributed by atoms with van der Waals surface area (Å²) in [7, 11) is 0. The van der Waals surface area contributed by atoms with Crippen LogP contribution in [-0.2, 0) is 28.7 Å². The maximum Gasteiger partial charge on any atom is 0.416 e. The number of halogens is 3. The van der Waals surface area contributed by atoms with E-state index in [4.69, 9.17) is 4.74 Å². The smallest absolute Gasteiger partial charge is 0.381 e. The topological polar surface area (TPSA) is 38.3 Å². The Morgan fingerprint density at radius 1 is 0.962 bits per heavy atom. The van der Waals surface area contributed by atoms with Gasteiger partial charge in [-0.1, -0.05) is 42.5 Å². The number of rotatable bonds is 9. The van der Waals surface area contributed by atoms with Crippen molar-refractivity contribution in [2.24, 2.45) is 0 Å². The molecule has 1 amide bonds. The minimum atomic E-state index is -4.38. The average molecular weight is 365 g/mol. The molecule has 0 atom stereocenters. The van der Waals surface area contributed by atoms with Gasteiger partial charge in [-0.05, 0) is 36.1 Å². The zero-order chi connectivity index (χ0) is 18.8. The van der Waals surface area contributed by atoms with Crippen molar-refractivity contribution in [3.05, 3.63) is 71.3 Å². The van der Waals surface area contributed by atoms with Crippen molar-refractivity contribution in [3.8, 4) is 0 Å². The molecule has 0 bridgehead atoms. The Morgan fingerprint density at radius 3 is 2.42 bits per heavy atom. The predicted octanol–water partition coefficient (Wildman–Crippen LogP) is 4.36. The zero-order valence-corrected chi connectivity index (χ0v) is 14.4. The van der Waals surface area contributed by atoms with E-state index < -0.39 is 11.7 Å². The molecule has 1 N–H and O–H groups in total. The highest BCUT2D eigenvalue weighted by molar-refractivity contribution is 5.75. The minimum absolute atomic E-state index is 0.0810. The van der Waals surface area contributed by atoms with Gasteiger partial charge in [-0.15, -0.1) is 0 Å². The van der Waals surface area contributed by atoms with E-state index >= 15 is 0 Å². The first-order valence-electron chi connectivity index (χ1n) is 8.49. The summed E-state index contributed by atoms with van der Waals surface area (Å²) >= 11 is 0. The second-order valence-electron chi connectivity index (χ2n) is 5.93. The summed E-state index contributed by atoms with van der Waals surface area (Å²) in [6, 6.07) is 14.9. The number of carbonyl (C=O) groups is 1. The van der Waals surface area contributed by atoms with Gasteiger partial charge in [-0.25, -0.2) is 0 Å². The predicted molar refractivity (Wildman–Crippen MR) is 93.5 cm³/mol. The maximum absolute atomic E-state index is 12.6. The maximum atomic E-state index is 12.6. The van der Waals surface area contributed by atoms with E-state index in [2.05, 4.69) is 5.32 Å². The molecule has 140 valence electrons. The van der Waals surface area contributed by atoms with Gasteiger partial charge in [0.05, 0.1) is 12.2 Å². The van der Waals surface area contributed by atoms with Crippen molar-refractivity contribution in [2.45, 2.75) is 32.0 Å². The summed E-state index contributed by atoms with van der Waals surface area (Å²) in [5.41, 5.74) is 0.912. The van der Waals surface area contributed by atoms with Gasteiger partial charge >= 0.3 is 6.18 Å². The van der Waals surface area contributed by atoms with Gasteiger partial charge in [-0.2, -0.15) is 13.2 Å². The van der Waals surface area contributed by atoms with Crippen LogP contribution in [0, 0.1) is 0 Å². The summed E-state index contributed by atoms with van der Waals surface area (Å²) in [6.45, 7) is 1.15. The van der Waals surface area contributed by atoms with Crippen LogP contribution >= 0.6 is 0 Å². The molecule has 2 aromatic rings. The SMILES string of the molecule is O=C(CCCOCCc1ccccc1)NCc1cccc(C(F)(F)F)c1. The van der Waals surface area contributed by atoms with E-state index in [1.807, 2.05) is 30.3 Å². The first-order valence-corrected chi connectivity index (χ1v) is 8.49. The van der Waals surface area contributed by atoms with E-state index in [9.17, 15) is 18.0 Å². The Morgan fingerprint density at radius 2 is 1.69 bits per heavy atom. The van der Waals surface area contributed by atoms with Gasteiger partial charge < -0.3 is 10.1 Å². The first-order chi connectivity index (χ1) is 12.4. The lowest BCUT2D eigenvalue weighted by Gasteiger charge is -2.10. The fourth-order valence-electron chi connectivity index (χ4n) is 2.42. The van der Waals surface area contributed by atoms with Crippen LogP contribution in [-0.4, -0.2) is 19.1 Å². The Balaban J connectivity index is 1.59. The Labute approximate surface area is 151 Å². The van der Waals surface area contributed by atoms with Gasteiger partial charge in [0.1, 0.15) is 0 Å². The molecule has 0 fully saturated rings. The summed E-state index contributed by atoms with van der Waals surface area (Å²) in [5, 5.41) is 2.63. The highest BCUT2D eigenvalue weighted by atomic mass is 19.4. The molecule has 0 saturated carbocycles. The number of hydrogen-bond acceptors (Lipinski definition) is 2. The van der Waals surface area contributed by atoms with Crippen LogP contribution in [0.4, 0.5) is 13.2 Å². The normalized spacial score (nSPS) is 11.3. The van der Waals surface area contributed by atoms with Gasteiger partial charge in [0.15, 0.2) is 0 Å². The lowest BCUT2D eigenvalue weighted by Crippen LogP contribution is -2.23. The van der Waals surface area contributed by atoms with Crippen molar-refractivity contribution in [1.29, 1.82) is 0 Å². The van der Waals surface area contributed by atoms with Crippen molar-refractivity contribution in [1.82, 2.24) is 5.32 Å². The van der Waals surface area contributed by atoms with Crippen molar-refractivity contribution < 1.29 is 22.7 Å². The average Bonchev–Trinajstić information content (AvgIpc) is 2.63. The number of carbonyl (C=O) groups excluding carboxylic acids is 1. The van der Waals surface area contributed by atoms with Crippen LogP contribution in [0.25, 0.3) is 0 Å². The van der Waals surface area contributed by atoms with E-state index in [0.717, 1.165) is 18.6 Å². The van der Waals surface area contributed by atoms with Crippen molar-refractivity contribution in [3.63, 3.8) is 0 Å². The Bertz CT molecular complexity index is 687. The lowest BCUT2D eigenvalue weighted by molar-refractivity contribution is -0.137. The molecule has 0 heterocycles. The number of alkyl halides is 3. The van der Waals surface area contributed by atoms with E-state index in [-0.39, 0.29) is 18.9 Å². The molecule has 0 radical (unpaired) electrons. The summed E-state index contributed by atoms with van der Waals surface area (Å²) in [6.07, 6.45) is -2.70. The molecule has 26 heavy (non-hydrogen) atoms. The molecule has 0 aliphatic heterocycles. The summed E-state index contributed by atoms with van der Waals surface area (Å²) < 4.78 is 43.4. The van der Waals surface area contributed by atoms with Crippen molar-refractivity contribution >= 4 is 5.91 Å². The van der Waals surface area contributed by atoms with E-state index in [1.165, 1.54) is 11.6 Å². The Kier molecular flexibility index (Phi) is 7.66. The van der Waals surface area contributed by atoms with Gasteiger partial charge in [0.25, 0.3) is 0 Å². The van der Waals surface area contributed by atoms with E-state index in [1.54, 1.807) is 6.07 Å². The third-order valence-corrected chi connectivity index (χ3v) is 3.81. The molecule has 0 aromatic heterocycles. The number of benzene rings is 2. The van der Waals surface area contributed by atoms with Gasteiger partial charge in [0, 0.05) is 19.6 Å². The summed E-state index contributed by atoms with van der Waals surface area (Å²) in [5.74, 6) is -0.200. The summed E-state index contributed by atoms with van der Waals surface area (Å²) in [4.78, 5) is 11.8. The zero-order valence-electron chi connectivity index (χ0n) is 14.4. The van der Waals surface area contributed by atoms with Crippen LogP contribution in [0.5, 0.6) is 0 Å². The minimum Gasteiger partial charge on any atom is -0.381 e. The van der Waals surface area contributed by atoms with Crippen LogP contribution in [0.15, 0.2) is 54.6 Å². The lowest BCUT2D eigenvalue weighted by atomic mass is 10.1. The second kappa shape index (κ2) is 9.97. The molecule has 0 aliphatic carbocycles. The molecular formula is C20H22F3NO2. The molecular weight excluding hydrogens is 343 g/mol. The fourth-order valence-corrected chi connectivity index (χ4v) is 2.42. The van der Waals surface area contributed by atoms with Crippen LogP contribution in [0.2, 0.25) is 0 Å². The van der Waals surface area contributed by atoms with Gasteiger partial charge in [0.2, 0.25) is 5.91 Å². The van der Waals surface area contributed by atoms with Crippen LogP contribution in [0.3, 0.4) is 0 Å². The third kappa shape index (κ3) is 7.27. The largest absolute Gasteiger partial charge is 0.416 e. The molecule has 3 nitrogen and oxygen atoms in total. The number of amides is 1. The van der Waals surface area contributed by atoms with E-state index in [0.29, 0.717) is 25.2 Å². The monoisotopic (exact) mass is 365 g/mol. The molecule has 0 aliphatic rings. The first kappa shape index (κ1) is 20.0. The molecule has 6 heteroatoms. The molecule has 0 unspecified atom stereocenters. The standard InChI is InChI=1S/C20H22F3NO2/c21-20(22,23)18-9-4-8-17(14-18)15-24-19(25)10-5-12-26-13-11-16-6-2-1-3-7-16/h1-4,6-9,14H,5,10-13,15H2,(H,24,25). The second-order valence-corrected chi connectivity index (χ2v) is 5.93. The quantitative estimate of drug-likeness (QED) is 0.671. The fraction of sp³-hybridized carbons (Fsp3) is 0.350. The number of ether oxygens (including phenoxy) is 1. The molecule has 0 saturated heterocycles. The number of nitrogens with one attached hydrogen (secondary N) is 1. The third-order valence-electron chi connectivity index (χ3n) is 3.81.